The van der Waals surface area contributed by atoms with E-state index >= 15 is 0 Å². The number of piperidine rings is 1. The highest BCUT2D eigenvalue weighted by Gasteiger charge is 2.40. The monoisotopic (exact) mass is 337 g/mol. The summed E-state index contributed by atoms with van der Waals surface area (Å²) >= 11 is 0. The Morgan fingerprint density at radius 3 is 2.74 bits per heavy atom. The fraction of sp³-hybridized carbons (Fsp3) is 0.688. The lowest BCUT2D eigenvalue weighted by Gasteiger charge is -2.42. The van der Waals surface area contributed by atoms with E-state index in [1.807, 2.05) is 0 Å². The first kappa shape index (κ1) is 17.9. The van der Waals surface area contributed by atoms with Crippen LogP contribution in [0.4, 0.5) is 11.4 Å². The Kier molecular flexibility index (Phi) is 5.10. The molecule has 128 valence electrons. The quantitative estimate of drug-likeness (QED) is 0.472. The molecule has 0 amide bonds. The first-order valence-corrected chi connectivity index (χ1v) is 11.0. The van der Waals surface area contributed by atoms with E-state index in [0.717, 1.165) is 19.4 Å². The van der Waals surface area contributed by atoms with Gasteiger partial charge in [0.05, 0.1) is 11.0 Å². The molecule has 2 heterocycles. The van der Waals surface area contributed by atoms with E-state index in [-0.39, 0.29) is 21.8 Å². The molecule has 7 heteroatoms. The van der Waals surface area contributed by atoms with Gasteiger partial charge in [0.2, 0.25) is 0 Å². The van der Waals surface area contributed by atoms with Crippen LogP contribution in [-0.4, -0.2) is 37.4 Å². The summed E-state index contributed by atoms with van der Waals surface area (Å²) in [6.07, 6.45) is 5.08. The van der Waals surface area contributed by atoms with E-state index in [1.165, 1.54) is 6.20 Å². The minimum atomic E-state index is -1.83. The third-order valence-corrected chi connectivity index (χ3v) is 9.50. The van der Waals surface area contributed by atoms with Gasteiger partial charge in [-0.05, 0) is 37.0 Å². The Bertz CT molecular complexity index is 572. The third-order valence-electron chi connectivity index (χ3n) is 4.96. The van der Waals surface area contributed by atoms with Crippen LogP contribution in [0.5, 0.6) is 0 Å². The summed E-state index contributed by atoms with van der Waals surface area (Å²) < 4.78 is 6.51. The first-order valence-electron chi connectivity index (χ1n) is 8.13. The molecule has 1 saturated heterocycles. The lowest BCUT2D eigenvalue weighted by molar-refractivity contribution is -0.384. The largest absolute Gasteiger partial charge is 0.412 e. The maximum absolute atomic E-state index is 11.2. The van der Waals surface area contributed by atoms with Crippen LogP contribution in [-0.2, 0) is 4.43 Å². The standard InChI is InChI=1S/C16H27N3O3Si/c1-16(2,3)23(4,5)22-13-7-6-10-18(12-13)14-8-9-17-11-15(14)19(20)21/h8-9,11,13H,6-7,10,12H2,1-5H3/t13-/m1/s1. The molecule has 1 aliphatic rings. The van der Waals surface area contributed by atoms with Crippen LogP contribution in [0.1, 0.15) is 33.6 Å². The molecule has 6 nitrogen and oxygen atoms in total. The van der Waals surface area contributed by atoms with Gasteiger partial charge >= 0.3 is 5.69 Å². The van der Waals surface area contributed by atoms with Crippen molar-refractivity contribution in [1.82, 2.24) is 4.98 Å². The van der Waals surface area contributed by atoms with E-state index in [0.29, 0.717) is 12.2 Å². The highest BCUT2D eigenvalue weighted by molar-refractivity contribution is 6.74. The summed E-state index contributed by atoms with van der Waals surface area (Å²) in [5.74, 6) is 0. The van der Waals surface area contributed by atoms with Gasteiger partial charge in [0.25, 0.3) is 0 Å². The number of anilines is 1. The molecule has 2 rings (SSSR count). The highest BCUT2D eigenvalue weighted by atomic mass is 28.4. The van der Waals surface area contributed by atoms with Crippen LogP contribution in [0.15, 0.2) is 18.5 Å². The summed E-state index contributed by atoms with van der Waals surface area (Å²) in [4.78, 5) is 16.8. The van der Waals surface area contributed by atoms with E-state index in [4.69, 9.17) is 4.43 Å². The smallest absolute Gasteiger partial charge is 0.310 e. The fourth-order valence-corrected chi connectivity index (χ4v) is 4.01. The second-order valence-electron chi connectivity index (χ2n) is 7.71. The van der Waals surface area contributed by atoms with Crippen molar-refractivity contribution in [2.75, 3.05) is 18.0 Å². The number of hydrogen-bond acceptors (Lipinski definition) is 5. The Morgan fingerprint density at radius 1 is 1.43 bits per heavy atom. The van der Waals surface area contributed by atoms with Crippen LogP contribution in [0.25, 0.3) is 0 Å². The van der Waals surface area contributed by atoms with Gasteiger partial charge in [-0.25, -0.2) is 0 Å². The van der Waals surface area contributed by atoms with Gasteiger partial charge in [-0.1, -0.05) is 20.8 Å². The molecule has 1 atom stereocenters. The van der Waals surface area contributed by atoms with Crippen LogP contribution >= 0.6 is 0 Å². The first-order chi connectivity index (χ1) is 10.6. The van der Waals surface area contributed by atoms with Crippen molar-refractivity contribution in [3.63, 3.8) is 0 Å². The van der Waals surface area contributed by atoms with Crippen LogP contribution in [0.3, 0.4) is 0 Å². The van der Waals surface area contributed by atoms with Crippen molar-refractivity contribution in [3.8, 4) is 0 Å². The molecule has 0 unspecified atom stereocenters. The molecule has 1 aliphatic heterocycles. The predicted octanol–water partition coefficient (Wildman–Crippen LogP) is 3.98. The van der Waals surface area contributed by atoms with Gasteiger partial charge in [0, 0.05) is 19.3 Å². The van der Waals surface area contributed by atoms with Crippen molar-refractivity contribution in [3.05, 3.63) is 28.6 Å². The molecular formula is C16H27N3O3Si. The topological polar surface area (TPSA) is 68.5 Å². The van der Waals surface area contributed by atoms with Crippen molar-refractivity contribution >= 4 is 19.7 Å². The van der Waals surface area contributed by atoms with Gasteiger partial charge < -0.3 is 9.33 Å². The predicted molar refractivity (Wildman–Crippen MR) is 94.4 cm³/mol. The van der Waals surface area contributed by atoms with E-state index < -0.39 is 8.32 Å². The molecule has 1 aromatic rings. The van der Waals surface area contributed by atoms with Crippen molar-refractivity contribution in [2.24, 2.45) is 0 Å². The van der Waals surface area contributed by atoms with Crippen molar-refractivity contribution < 1.29 is 9.35 Å². The number of nitro groups is 1. The highest BCUT2D eigenvalue weighted by Crippen LogP contribution is 2.39. The molecule has 1 fully saturated rings. The molecule has 0 radical (unpaired) electrons. The molecule has 0 aromatic carbocycles. The SMILES string of the molecule is CC(C)(C)[Si](C)(C)O[C@@H]1CCCN(c2ccncc2[N+](=O)[O-])C1. The van der Waals surface area contributed by atoms with Gasteiger partial charge in [-0.15, -0.1) is 0 Å². The van der Waals surface area contributed by atoms with Crippen LogP contribution in [0, 0.1) is 10.1 Å². The molecule has 1 aromatic heterocycles. The molecule has 0 saturated carbocycles. The zero-order chi connectivity index (χ0) is 17.3. The van der Waals surface area contributed by atoms with E-state index in [2.05, 4.69) is 43.7 Å². The van der Waals surface area contributed by atoms with Gasteiger partial charge in [-0.3, -0.25) is 15.1 Å². The maximum atomic E-state index is 11.2. The zero-order valence-corrected chi connectivity index (χ0v) is 15.7. The lowest BCUT2D eigenvalue weighted by Crippen LogP contribution is -2.49. The van der Waals surface area contributed by atoms with Crippen molar-refractivity contribution in [2.45, 2.75) is 57.8 Å². The molecular weight excluding hydrogens is 310 g/mol. The maximum Gasteiger partial charge on any atom is 0.310 e. The number of pyridine rings is 1. The Labute approximate surface area is 139 Å². The van der Waals surface area contributed by atoms with Crippen molar-refractivity contribution in [1.29, 1.82) is 0 Å². The Hall–Kier alpha value is -1.47. The second kappa shape index (κ2) is 6.57. The molecule has 23 heavy (non-hydrogen) atoms. The normalized spacial score (nSPS) is 19.7. The number of nitrogens with zero attached hydrogens (tertiary/aromatic N) is 3. The van der Waals surface area contributed by atoms with E-state index in [1.54, 1.807) is 12.3 Å². The third kappa shape index (κ3) is 4.09. The van der Waals surface area contributed by atoms with Crippen LogP contribution in [0.2, 0.25) is 18.1 Å². The molecule has 0 N–H and O–H groups in total. The summed E-state index contributed by atoms with van der Waals surface area (Å²) in [6, 6.07) is 1.73. The van der Waals surface area contributed by atoms with Gasteiger partial charge in [-0.2, -0.15) is 0 Å². The van der Waals surface area contributed by atoms with Crippen LogP contribution < -0.4 is 4.90 Å². The fourth-order valence-electron chi connectivity index (χ4n) is 2.63. The van der Waals surface area contributed by atoms with Gasteiger partial charge in [0.1, 0.15) is 11.9 Å². The molecule has 0 aliphatic carbocycles. The van der Waals surface area contributed by atoms with E-state index in [9.17, 15) is 10.1 Å². The average Bonchev–Trinajstić information content (AvgIpc) is 2.46. The minimum absolute atomic E-state index is 0.0699. The lowest BCUT2D eigenvalue weighted by atomic mass is 10.1. The van der Waals surface area contributed by atoms with Gasteiger partial charge in [0.15, 0.2) is 8.32 Å². The molecule has 0 bridgehead atoms. The zero-order valence-electron chi connectivity index (χ0n) is 14.7. The number of aromatic nitrogens is 1. The Balaban J connectivity index is 2.15. The number of rotatable bonds is 4. The Morgan fingerprint density at radius 2 is 2.13 bits per heavy atom. The summed E-state index contributed by atoms with van der Waals surface area (Å²) in [6.45, 7) is 12.7. The molecule has 0 spiro atoms. The summed E-state index contributed by atoms with van der Waals surface area (Å²) in [5, 5.41) is 11.4. The second-order valence-corrected chi connectivity index (χ2v) is 12.5. The summed E-state index contributed by atoms with van der Waals surface area (Å²) in [7, 11) is -1.83. The number of hydrogen-bond donors (Lipinski definition) is 0. The average molecular weight is 337 g/mol. The summed E-state index contributed by atoms with van der Waals surface area (Å²) in [5.41, 5.74) is 0.717. The minimum Gasteiger partial charge on any atom is -0.412 e.